The van der Waals surface area contributed by atoms with Gasteiger partial charge in [-0.1, -0.05) is 20.3 Å². The smallest absolute Gasteiger partial charge is 0.326 e. The van der Waals surface area contributed by atoms with E-state index >= 15 is 0 Å². The zero-order valence-corrected chi connectivity index (χ0v) is 13.0. The molecule has 2 amide bonds. The van der Waals surface area contributed by atoms with E-state index in [1.807, 2.05) is 20.8 Å². The van der Waals surface area contributed by atoms with Crippen LogP contribution in [0.2, 0.25) is 0 Å². The van der Waals surface area contributed by atoms with Crippen molar-refractivity contribution in [3.05, 3.63) is 0 Å². The predicted molar refractivity (Wildman–Crippen MR) is 78.2 cm³/mol. The van der Waals surface area contributed by atoms with E-state index in [1.165, 1.54) is 0 Å². The number of unbranched alkanes of at least 4 members (excludes halogenated alkanes) is 1. The van der Waals surface area contributed by atoms with E-state index in [2.05, 4.69) is 5.32 Å². The molecule has 3 N–H and O–H groups in total. The standard InChI is InChI=1S/C14H26N2O5/c1-4-6-9-16(10(3)5-2)14(21)15-11(13(19)20)7-8-12(17)18/h10-11H,4-9H2,1-3H3,(H,15,21)(H,17,18)(H,19,20). The Hall–Kier alpha value is -1.79. The number of urea groups is 1. The summed E-state index contributed by atoms with van der Waals surface area (Å²) in [5, 5.41) is 20.1. The molecule has 0 aliphatic carbocycles. The summed E-state index contributed by atoms with van der Waals surface area (Å²) >= 11 is 0. The molecular weight excluding hydrogens is 276 g/mol. The molecule has 21 heavy (non-hydrogen) atoms. The Morgan fingerprint density at radius 2 is 1.81 bits per heavy atom. The predicted octanol–water partition coefficient (Wildman–Crippen LogP) is 1.91. The lowest BCUT2D eigenvalue weighted by molar-refractivity contribution is -0.140. The maximum absolute atomic E-state index is 12.2. The van der Waals surface area contributed by atoms with E-state index in [4.69, 9.17) is 10.2 Å². The van der Waals surface area contributed by atoms with Gasteiger partial charge in [0.05, 0.1) is 0 Å². The van der Waals surface area contributed by atoms with Crippen LogP contribution < -0.4 is 5.32 Å². The van der Waals surface area contributed by atoms with E-state index < -0.39 is 24.0 Å². The van der Waals surface area contributed by atoms with Gasteiger partial charge in [0.1, 0.15) is 6.04 Å². The SMILES string of the molecule is CCCCN(C(=O)NC(CCC(=O)O)C(=O)O)C(C)CC. The molecule has 0 saturated carbocycles. The van der Waals surface area contributed by atoms with Crippen molar-refractivity contribution in [2.45, 2.75) is 65.0 Å². The number of nitrogens with zero attached hydrogens (tertiary/aromatic N) is 1. The minimum absolute atomic E-state index is 0.00506. The Morgan fingerprint density at radius 3 is 2.24 bits per heavy atom. The van der Waals surface area contributed by atoms with Gasteiger partial charge in [0.15, 0.2) is 0 Å². The number of amides is 2. The Kier molecular flexibility index (Phi) is 9.16. The molecule has 0 radical (unpaired) electrons. The molecule has 2 atom stereocenters. The highest BCUT2D eigenvalue weighted by Crippen LogP contribution is 2.08. The molecule has 0 aliphatic rings. The summed E-state index contributed by atoms with van der Waals surface area (Å²) in [5.41, 5.74) is 0. The summed E-state index contributed by atoms with van der Waals surface area (Å²) in [6.07, 6.45) is 2.12. The van der Waals surface area contributed by atoms with Crippen LogP contribution in [0.3, 0.4) is 0 Å². The molecule has 0 heterocycles. The largest absolute Gasteiger partial charge is 0.481 e. The van der Waals surface area contributed by atoms with Crippen molar-refractivity contribution in [3.63, 3.8) is 0 Å². The summed E-state index contributed by atoms with van der Waals surface area (Å²) in [7, 11) is 0. The first-order chi connectivity index (χ1) is 9.83. The average molecular weight is 302 g/mol. The van der Waals surface area contributed by atoms with Crippen molar-refractivity contribution in [1.82, 2.24) is 10.2 Å². The minimum Gasteiger partial charge on any atom is -0.481 e. The second-order valence-electron chi connectivity index (χ2n) is 5.08. The van der Waals surface area contributed by atoms with Crippen molar-refractivity contribution in [2.75, 3.05) is 6.54 Å². The molecule has 0 aromatic rings. The van der Waals surface area contributed by atoms with Gasteiger partial charge in [-0.2, -0.15) is 0 Å². The molecule has 122 valence electrons. The van der Waals surface area contributed by atoms with Crippen molar-refractivity contribution in [2.24, 2.45) is 0 Å². The van der Waals surface area contributed by atoms with E-state index in [-0.39, 0.29) is 18.9 Å². The quantitative estimate of drug-likeness (QED) is 0.571. The number of rotatable bonds is 10. The Bertz CT molecular complexity index is 359. The number of aliphatic carboxylic acids is 2. The molecule has 0 fully saturated rings. The van der Waals surface area contributed by atoms with Crippen molar-refractivity contribution in [3.8, 4) is 0 Å². The molecule has 0 aromatic heterocycles. The second kappa shape index (κ2) is 10.0. The summed E-state index contributed by atoms with van der Waals surface area (Å²) in [6, 6.07) is -1.62. The van der Waals surface area contributed by atoms with Gasteiger partial charge in [0.2, 0.25) is 0 Å². The topological polar surface area (TPSA) is 107 Å². The fourth-order valence-corrected chi connectivity index (χ4v) is 1.83. The van der Waals surface area contributed by atoms with Crippen LogP contribution in [0.4, 0.5) is 4.79 Å². The summed E-state index contributed by atoms with van der Waals surface area (Å²) in [4.78, 5) is 35.4. The maximum atomic E-state index is 12.2. The first kappa shape index (κ1) is 19.2. The zero-order valence-electron chi connectivity index (χ0n) is 13.0. The van der Waals surface area contributed by atoms with Gasteiger partial charge in [-0.15, -0.1) is 0 Å². The number of carboxylic acid groups (broad SMARTS) is 2. The lowest BCUT2D eigenvalue weighted by Crippen LogP contribution is -2.51. The van der Waals surface area contributed by atoms with E-state index in [9.17, 15) is 14.4 Å². The highest BCUT2D eigenvalue weighted by Gasteiger charge is 2.25. The van der Waals surface area contributed by atoms with Gasteiger partial charge in [-0.3, -0.25) is 4.79 Å². The van der Waals surface area contributed by atoms with Crippen molar-refractivity contribution >= 4 is 18.0 Å². The Balaban J connectivity index is 4.73. The molecular formula is C14H26N2O5. The fourth-order valence-electron chi connectivity index (χ4n) is 1.83. The summed E-state index contributed by atoms with van der Waals surface area (Å²) in [5.74, 6) is -2.30. The first-order valence-electron chi connectivity index (χ1n) is 7.35. The molecule has 0 bridgehead atoms. The van der Waals surface area contributed by atoms with Crippen LogP contribution in [0.1, 0.15) is 52.9 Å². The number of carboxylic acids is 2. The summed E-state index contributed by atoms with van der Waals surface area (Å²) < 4.78 is 0. The highest BCUT2D eigenvalue weighted by molar-refractivity contribution is 5.83. The van der Waals surface area contributed by atoms with Gasteiger partial charge < -0.3 is 20.4 Å². The zero-order chi connectivity index (χ0) is 16.4. The van der Waals surface area contributed by atoms with E-state index in [1.54, 1.807) is 4.90 Å². The van der Waals surface area contributed by atoms with Crippen molar-refractivity contribution < 1.29 is 24.6 Å². The van der Waals surface area contributed by atoms with Crippen LogP contribution in [0.5, 0.6) is 0 Å². The van der Waals surface area contributed by atoms with Gasteiger partial charge in [0, 0.05) is 19.0 Å². The van der Waals surface area contributed by atoms with Crippen LogP contribution in [-0.2, 0) is 9.59 Å². The number of hydrogen-bond donors (Lipinski definition) is 3. The third kappa shape index (κ3) is 7.53. The monoisotopic (exact) mass is 302 g/mol. The molecule has 7 nitrogen and oxygen atoms in total. The molecule has 7 heteroatoms. The molecule has 2 unspecified atom stereocenters. The van der Waals surface area contributed by atoms with Crippen LogP contribution in [0.15, 0.2) is 0 Å². The molecule has 0 aliphatic heterocycles. The molecule has 0 aromatic carbocycles. The van der Waals surface area contributed by atoms with Crippen LogP contribution in [-0.4, -0.2) is 51.7 Å². The van der Waals surface area contributed by atoms with Crippen molar-refractivity contribution in [1.29, 1.82) is 0 Å². The fraction of sp³-hybridized carbons (Fsp3) is 0.786. The number of carbonyl (C=O) groups excluding carboxylic acids is 1. The van der Waals surface area contributed by atoms with Gasteiger partial charge in [0.25, 0.3) is 0 Å². The Morgan fingerprint density at radius 1 is 1.19 bits per heavy atom. The average Bonchev–Trinajstić information content (AvgIpc) is 2.42. The Labute approximate surface area is 125 Å². The lowest BCUT2D eigenvalue weighted by atomic mass is 10.1. The second-order valence-corrected chi connectivity index (χ2v) is 5.08. The number of nitrogens with one attached hydrogen (secondary N) is 1. The maximum Gasteiger partial charge on any atom is 0.326 e. The normalized spacial score (nSPS) is 13.3. The first-order valence-corrected chi connectivity index (χ1v) is 7.35. The number of hydrogen-bond acceptors (Lipinski definition) is 3. The van der Waals surface area contributed by atoms with Gasteiger partial charge in [-0.05, 0) is 26.2 Å². The third-order valence-corrected chi connectivity index (χ3v) is 3.38. The number of carbonyl (C=O) groups is 3. The summed E-state index contributed by atoms with van der Waals surface area (Å²) in [6.45, 7) is 6.43. The molecule has 0 rings (SSSR count). The highest BCUT2D eigenvalue weighted by atomic mass is 16.4. The van der Waals surface area contributed by atoms with Gasteiger partial charge >= 0.3 is 18.0 Å². The van der Waals surface area contributed by atoms with E-state index in [0.29, 0.717) is 6.54 Å². The van der Waals surface area contributed by atoms with Gasteiger partial charge in [-0.25, -0.2) is 9.59 Å². The van der Waals surface area contributed by atoms with E-state index in [0.717, 1.165) is 19.3 Å². The minimum atomic E-state index is -1.22. The van der Waals surface area contributed by atoms with Crippen LogP contribution in [0.25, 0.3) is 0 Å². The lowest BCUT2D eigenvalue weighted by Gasteiger charge is -2.30. The molecule has 0 saturated heterocycles. The third-order valence-electron chi connectivity index (χ3n) is 3.38. The van der Waals surface area contributed by atoms with Crippen LogP contribution in [0, 0.1) is 0 Å². The van der Waals surface area contributed by atoms with Crippen LogP contribution >= 0.6 is 0 Å². The molecule has 0 spiro atoms.